The molecule has 1 aromatic heterocycles. The molecule has 1 aromatic rings. The van der Waals surface area contributed by atoms with Crippen LogP contribution < -0.4 is 5.32 Å². The van der Waals surface area contributed by atoms with Crippen LogP contribution in [-0.4, -0.2) is 67.2 Å². The molecule has 0 amide bonds. The quantitative estimate of drug-likeness (QED) is 0.255. The number of aromatic nitrogens is 2. The SMILES string of the molecule is CN=C(NCc1ccn(C2CCCC2)n1)N1CCC(OCCCOC)CC1.I. The van der Waals surface area contributed by atoms with Gasteiger partial charge >= 0.3 is 0 Å². The largest absolute Gasteiger partial charge is 0.385 e. The van der Waals surface area contributed by atoms with Crippen molar-refractivity contribution in [2.45, 2.75) is 63.6 Å². The van der Waals surface area contributed by atoms with Gasteiger partial charge in [0.15, 0.2) is 5.96 Å². The van der Waals surface area contributed by atoms with Gasteiger partial charge in [0.05, 0.1) is 24.4 Å². The molecule has 0 unspecified atom stereocenters. The zero-order chi connectivity index (χ0) is 18.9. The number of nitrogens with zero attached hydrogens (tertiary/aromatic N) is 4. The average Bonchev–Trinajstić information content (AvgIpc) is 3.38. The highest BCUT2D eigenvalue weighted by Crippen LogP contribution is 2.28. The number of aliphatic imine (C=N–C) groups is 1. The summed E-state index contributed by atoms with van der Waals surface area (Å²) in [5.41, 5.74) is 1.08. The highest BCUT2D eigenvalue weighted by Gasteiger charge is 2.22. The molecule has 7 nitrogen and oxygen atoms in total. The second-order valence-electron chi connectivity index (χ2n) is 7.53. The molecule has 0 aromatic carbocycles. The number of rotatable bonds is 8. The van der Waals surface area contributed by atoms with Gasteiger partial charge in [0.25, 0.3) is 0 Å². The molecule has 1 saturated carbocycles. The third-order valence-corrected chi connectivity index (χ3v) is 5.59. The fourth-order valence-corrected chi connectivity index (χ4v) is 4.03. The molecule has 28 heavy (non-hydrogen) atoms. The van der Waals surface area contributed by atoms with Crippen LogP contribution >= 0.6 is 24.0 Å². The molecule has 2 fully saturated rings. The van der Waals surface area contributed by atoms with E-state index in [1.807, 2.05) is 7.05 Å². The van der Waals surface area contributed by atoms with Crippen LogP contribution in [-0.2, 0) is 16.0 Å². The number of methoxy groups -OCH3 is 1. The third-order valence-electron chi connectivity index (χ3n) is 5.59. The first-order chi connectivity index (χ1) is 13.3. The molecule has 8 heteroatoms. The lowest BCUT2D eigenvalue weighted by atomic mass is 10.1. The first-order valence-corrected chi connectivity index (χ1v) is 10.4. The number of halogens is 1. The van der Waals surface area contributed by atoms with Crippen LogP contribution in [0.5, 0.6) is 0 Å². The highest BCUT2D eigenvalue weighted by molar-refractivity contribution is 14.0. The van der Waals surface area contributed by atoms with Crippen LogP contribution in [0.15, 0.2) is 17.3 Å². The molecular weight excluding hydrogens is 469 g/mol. The third kappa shape index (κ3) is 6.88. The van der Waals surface area contributed by atoms with Crippen LogP contribution in [0.4, 0.5) is 0 Å². The zero-order valence-corrected chi connectivity index (χ0v) is 19.6. The van der Waals surface area contributed by atoms with Gasteiger partial charge in [-0.3, -0.25) is 9.67 Å². The molecule has 3 rings (SSSR count). The minimum absolute atomic E-state index is 0. The maximum absolute atomic E-state index is 5.95. The van der Waals surface area contributed by atoms with Crippen molar-refractivity contribution < 1.29 is 9.47 Å². The summed E-state index contributed by atoms with van der Waals surface area (Å²) in [5.74, 6) is 0.961. The summed E-state index contributed by atoms with van der Waals surface area (Å²) in [4.78, 5) is 6.78. The van der Waals surface area contributed by atoms with Crippen molar-refractivity contribution >= 4 is 29.9 Å². The minimum Gasteiger partial charge on any atom is -0.385 e. The Morgan fingerprint density at radius 1 is 1.21 bits per heavy atom. The molecule has 1 N–H and O–H groups in total. The number of likely N-dealkylation sites (tertiary alicyclic amines) is 1. The Morgan fingerprint density at radius 3 is 2.64 bits per heavy atom. The summed E-state index contributed by atoms with van der Waals surface area (Å²) >= 11 is 0. The monoisotopic (exact) mass is 505 g/mol. The van der Waals surface area contributed by atoms with E-state index in [1.54, 1.807) is 7.11 Å². The lowest BCUT2D eigenvalue weighted by Crippen LogP contribution is -2.46. The molecule has 160 valence electrons. The fourth-order valence-electron chi connectivity index (χ4n) is 4.03. The Labute approximate surface area is 186 Å². The maximum Gasteiger partial charge on any atom is 0.193 e. The second-order valence-corrected chi connectivity index (χ2v) is 7.53. The number of hydrogen-bond acceptors (Lipinski definition) is 4. The zero-order valence-electron chi connectivity index (χ0n) is 17.3. The van der Waals surface area contributed by atoms with E-state index in [1.165, 1.54) is 25.7 Å². The molecule has 2 aliphatic rings. The first kappa shape index (κ1) is 23.4. The van der Waals surface area contributed by atoms with Crippen molar-refractivity contribution in [3.05, 3.63) is 18.0 Å². The van der Waals surface area contributed by atoms with Crippen molar-refractivity contribution in [1.82, 2.24) is 20.0 Å². The highest BCUT2D eigenvalue weighted by atomic mass is 127. The average molecular weight is 505 g/mol. The van der Waals surface area contributed by atoms with Crippen molar-refractivity contribution in [2.24, 2.45) is 4.99 Å². The molecule has 1 saturated heterocycles. The normalized spacial score (nSPS) is 19.1. The van der Waals surface area contributed by atoms with Gasteiger partial charge in [-0.05, 0) is 38.2 Å². The van der Waals surface area contributed by atoms with Gasteiger partial charge in [-0.25, -0.2) is 0 Å². The predicted octanol–water partition coefficient (Wildman–Crippen LogP) is 3.21. The predicted molar refractivity (Wildman–Crippen MR) is 122 cm³/mol. The van der Waals surface area contributed by atoms with Gasteiger partial charge in [-0.15, -0.1) is 24.0 Å². The Balaban J connectivity index is 0.00000280. The molecule has 2 heterocycles. The van der Waals surface area contributed by atoms with Crippen molar-refractivity contribution in [3.8, 4) is 0 Å². The standard InChI is InChI=1S/C20H35N5O2.HI/c1-21-20(24-11-9-19(10-12-24)27-15-5-14-26-2)22-16-17-8-13-25(23-17)18-6-3-4-7-18;/h8,13,18-19H,3-7,9-12,14-16H2,1-2H3,(H,21,22);1H. The first-order valence-electron chi connectivity index (χ1n) is 10.4. The Kier molecular flexibility index (Phi) is 10.6. The van der Waals surface area contributed by atoms with Crippen molar-refractivity contribution in [2.75, 3.05) is 40.5 Å². The maximum atomic E-state index is 5.95. The molecule has 1 aliphatic carbocycles. The fraction of sp³-hybridized carbons (Fsp3) is 0.800. The van der Waals surface area contributed by atoms with E-state index in [0.717, 1.165) is 63.8 Å². The van der Waals surface area contributed by atoms with Gasteiger partial charge in [-0.2, -0.15) is 5.10 Å². The summed E-state index contributed by atoms with van der Waals surface area (Å²) < 4.78 is 13.2. The van der Waals surface area contributed by atoms with Crippen LogP contribution in [0.25, 0.3) is 0 Å². The summed E-state index contributed by atoms with van der Waals surface area (Å²) in [6, 6.07) is 2.72. The molecule has 0 radical (unpaired) electrons. The summed E-state index contributed by atoms with van der Waals surface area (Å²) in [6.07, 6.45) is 10.7. The van der Waals surface area contributed by atoms with Gasteiger partial charge in [0.1, 0.15) is 0 Å². The van der Waals surface area contributed by atoms with Crippen molar-refractivity contribution in [3.63, 3.8) is 0 Å². The lowest BCUT2D eigenvalue weighted by molar-refractivity contribution is 0.00989. The second kappa shape index (κ2) is 12.6. The summed E-state index contributed by atoms with van der Waals surface area (Å²) in [6.45, 7) is 4.23. The van der Waals surface area contributed by atoms with E-state index >= 15 is 0 Å². The van der Waals surface area contributed by atoms with Crippen molar-refractivity contribution in [1.29, 1.82) is 0 Å². The number of piperidine rings is 1. The Hall–Kier alpha value is -0.870. The molecule has 0 bridgehead atoms. The van der Waals surface area contributed by atoms with Gasteiger partial charge < -0.3 is 19.7 Å². The Bertz CT molecular complexity index is 581. The van der Waals surface area contributed by atoms with E-state index in [-0.39, 0.29) is 24.0 Å². The van der Waals surface area contributed by atoms with Crippen LogP contribution in [0.2, 0.25) is 0 Å². The van der Waals surface area contributed by atoms with Crippen LogP contribution in [0.3, 0.4) is 0 Å². The molecule has 0 atom stereocenters. The number of nitrogens with one attached hydrogen (secondary N) is 1. The number of ether oxygens (including phenoxy) is 2. The van der Waals surface area contributed by atoms with E-state index < -0.39 is 0 Å². The van der Waals surface area contributed by atoms with E-state index in [9.17, 15) is 0 Å². The minimum atomic E-state index is 0. The smallest absolute Gasteiger partial charge is 0.193 e. The van der Waals surface area contributed by atoms with Crippen LogP contribution in [0.1, 0.15) is 56.7 Å². The molecule has 0 spiro atoms. The molecular formula is C20H36IN5O2. The van der Waals surface area contributed by atoms with E-state index in [2.05, 4.69) is 32.2 Å². The summed E-state index contributed by atoms with van der Waals surface area (Å²) in [5, 5.41) is 8.23. The number of hydrogen-bond donors (Lipinski definition) is 1. The Morgan fingerprint density at radius 2 is 1.96 bits per heavy atom. The summed E-state index contributed by atoms with van der Waals surface area (Å²) in [7, 11) is 3.59. The van der Waals surface area contributed by atoms with Crippen LogP contribution in [0, 0.1) is 0 Å². The number of guanidine groups is 1. The van der Waals surface area contributed by atoms with Gasteiger partial charge in [-0.1, -0.05) is 12.8 Å². The van der Waals surface area contributed by atoms with Gasteiger partial charge in [0, 0.05) is 46.7 Å². The van der Waals surface area contributed by atoms with Gasteiger partial charge in [0.2, 0.25) is 0 Å². The topological polar surface area (TPSA) is 63.9 Å². The molecule has 1 aliphatic heterocycles. The van der Waals surface area contributed by atoms with E-state index in [0.29, 0.717) is 12.1 Å². The lowest BCUT2D eigenvalue weighted by Gasteiger charge is -2.34. The van der Waals surface area contributed by atoms with E-state index in [4.69, 9.17) is 14.6 Å².